The van der Waals surface area contributed by atoms with E-state index in [4.69, 9.17) is 9.73 Å². The minimum Gasteiger partial charge on any atom is -0.493 e. The second kappa shape index (κ2) is 10.7. The van der Waals surface area contributed by atoms with Gasteiger partial charge in [0.05, 0.1) is 31.2 Å². The number of ether oxygens (including phenoxy) is 1. The highest BCUT2D eigenvalue weighted by atomic mass is 16.5. The molecule has 38 heavy (non-hydrogen) atoms. The summed E-state index contributed by atoms with van der Waals surface area (Å²) in [7, 11) is 0. The first-order valence-electron chi connectivity index (χ1n) is 13.2. The van der Waals surface area contributed by atoms with Crippen molar-refractivity contribution in [1.82, 2.24) is 10.2 Å². The predicted molar refractivity (Wildman–Crippen MR) is 149 cm³/mol. The molecule has 3 aromatic carbocycles. The highest BCUT2D eigenvalue weighted by molar-refractivity contribution is 6.06. The van der Waals surface area contributed by atoms with Crippen molar-refractivity contribution in [1.29, 1.82) is 0 Å². The predicted octanol–water partition coefficient (Wildman–Crippen LogP) is 5.56. The van der Waals surface area contributed by atoms with Crippen LogP contribution in [0, 0.1) is 5.92 Å². The third kappa shape index (κ3) is 5.42. The first kappa shape index (κ1) is 25.5. The maximum absolute atomic E-state index is 13.4. The lowest BCUT2D eigenvalue weighted by Crippen LogP contribution is -2.51. The summed E-state index contributed by atoms with van der Waals surface area (Å²) in [6.07, 6.45) is 1.04. The van der Waals surface area contributed by atoms with Crippen LogP contribution in [0.25, 0.3) is 0 Å². The lowest BCUT2D eigenvalue weighted by Gasteiger charge is -2.39. The van der Waals surface area contributed by atoms with Crippen molar-refractivity contribution in [3.63, 3.8) is 0 Å². The van der Waals surface area contributed by atoms with E-state index >= 15 is 0 Å². The highest BCUT2D eigenvalue weighted by Crippen LogP contribution is 2.33. The molecule has 2 atom stereocenters. The Kier molecular flexibility index (Phi) is 7.18. The molecule has 0 fully saturated rings. The van der Waals surface area contributed by atoms with E-state index in [0.717, 1.165) is 22.6 Å². The molecule has 2 aliphatic rings. The summed E-state index contributed by atoms with van der Waals surface area (Å²) in [6, 6.07) is 24.9. The van der Waals surface area contributed by atoms with Gasteiger partial charge in [-0.25, -0.2) is 4.99 Å². The second-order valence-corrected chi connectivity index (χ2v) is 10.5. The minimum atomic E-state index is -0.494. The van der Waals surface area contributed by atoms with Gasteiger partial charge in [-0.3, -0.25) is 14.5 Å². The SMILES string of the molecule is CC(C)[C@]1(C)CC(=O)N(Cc2cccc(C(=O)NC3CCOc4ccccc43)c2)C(Nc2ccccc2)=N1. The zero-order valence-electron chi connectivity index (χ0n) is 22.1. The number of amides is 2. The average Bonchev–Trinajstić information content (AvgIpc) is 2.91. The van der Waals surface area contributed by atoms with Crippen LogP contribution in [0.3, 0.4) is 0 Å². The number of guanidine groups is 1. The Morgan fingerprint density at radius 2 is 1.84 bits per heavy atom. The maximum Gasteiger partial charge on any atom is 0.251 e. The first-order valence-corrected chi connectivity index (χ1v) is 13.2. The van der Waals surface area contributed by atoms with Crippen LogP contribution < -0.4 is 15.4 Å². The Balaban J connectivity index is 1.37. The van der Waals surface area contributed by atoms with Gasteiger partial charge in [-0.1, -0.05) is 62.4 Å². The molecule has 2 amide bonds. The van der Waals surface area contributed by atoms with Crippen LogP contribution in [-0.4, -0.2) is 34.8 Å². The van der Waals surface area contributed by atoms with Crippen LogP contribution >= 0.6 is 0 Å². The highest BCUT2D eigenvalue weighted by Gasteiger charge is 2.39. The molecule has 2 heterocycles. The fourth-order valence-electron chi connectivity index (χ4n) is 4.83. The smallest absolute Gasteiger partial charge is 0.251 e. The lowest BCUT2D eigenvalue weighted by molar-refractivity contribution is -0.130. The molecule has 5 rings (SSSR count). The van der Waals surface area contributed by atoms with Crippen molar-refractivity contribution in [2.24, 2.45) is 10.9 Å². The molecule has 2 N–H and O–H groups in total. The van der Waals surface area contributed by atoms with E-state index < -0.39 is 5.54 Å². The van der Waals surface area contributed by atoms with Crippen LogP contribution in [0.5, 0.6) is 5.75 Å². The standard InChI is InChI=1S/C31H34N4O3/c1-21(2)31(3)19-28(36)35(30(34-31)32-24-12-5-4-6-13-24)20-22-10-9-11-23(18-22)29(37)33-26-16-17-38-27-15-8-7-14-25(26)27/h4-15,18,21,26H,16-17,19-20H2,1-3H3,(H,32,34)(H,33,37)/t26?,31-/m0/s1. The molecule has 0 aromatic heterocycles. The summed E-state index contributed by atoms with van der Waals surface area (Å²) in [6.45, 7) is 7.08. The summed E-state index contributed by atoms with van der Waals surface area (Å²) < 4.78 is 5.73. The van der Waals surface area contributed by atoms with Crippen LogP contribution in [0.1, 0.15) is 61.1 Å². The summed E-state index contributed by atoms with van der Waals surface area (Å²) in [4.78, 5) is 33.4. The molecule has 7 heteroatoms. The molecule has 3 aromatic rings. The molecule has 0 aliphatic carbocycles. The molecule has 0 saturated carbocycles. The van der Waals surface area contributed by atoms with Gasteiger partial charge in [-0.05, 0) is 48.7 Å². The molecule has 0 bridgehead atoms. The largest absolute Gasteiger partial charge is 0.493 e. The van der Waals surface area contributed by atoms with Gasteiger partial charge in [0.15, 0.2) is 0 Å². The maximum atomic E-state index is 13.4. The van der Waals surface area contributed by atoms with Crippen molar-refractivity contribution in [3.8, 4) is 5.75 Å². The van der Waals surface area contributed by atoms with Crippen LogP contribution in [0.4, 0.5) is 5.69 Å². The van der Waals surface area contributed by atoms with E-state index in [1.807, 2.05) is 79.7 Å². The molecule has 0 radical (unpaired) electrons. The Morgan fingerprint density at radius 1 is 1.08 bits per heavy atom. The van der Waals surface area contributed by atoms with Crippen molar-refractivity contribution in [3.05, 3.63) is 95.6 Å². The third-order valence-electron chi connectivity index (χ3n) is 7.49. The number of fused-ring (bicyclic) bond motifs is 1. The van der Waals surface area contributed by atoms with Crippen molar-refractivity contribution >= 4 is 23.5 Å². The number of aliphatic imine (C=N–C) groups is 1. The van der Waals surface area contributed by atoms with Crippen LogP contribution in [0.15, 0.2) is 83.9 Å². The average molecular weight is 511 g/mol. The number of nitrogens with zero attached hydrogens (tertiary/aromatic N) is 2. The number of nitrogens with one attached hydrogen (secondary N) is 2. The van der Waals surface area contributed by atoms with Gasteiger partial charge in [-0.2, -0.15) is 0 Å². The monoisotopic (exact) mass is 510 g/mol. The van der Waals surface area contributed by atoms with Gasteiger partial charge < -0.3 is 15.4 Å². The zero-order valence-corrected chi connectivity index (χ0v) is 22.1. The fraction of sp³-hybridized carbons (Fsp3) is 0.323. The number of anilines is 1. The van der Waals surface area contributed by atoms with Gasteiger partial charge >= 0.3 is 0 Å². The number of carbonyl (C=O) groups is 2. The quantitative estimate of drug-likeness (QED) is 0.455. The summed E-state index contributed by atoms with van der Waals surface area (Å²) in [5.74, 6) is 1.39. The zero-order chi connectivity index (χ0) is 26.7. The third-order valence-corrected chi connectivity index (χ3v) is 7.49. The summed E-state index contributed by atoms with van der Waals surface area (Å²) in [5, 5.41) is 6.52. The van der Waals surface area contributed by atoms with E-state index in [1.54, 1.807) is 11.0 Å². The van der Waals surface area contributed by atoms with Crippen LogP contribution in [0.2, 0.25) is 0 Å². The molecule has 2 aliphatic heterocycles. The van der Waals surface area contributed by atoms with E-state index in [-0.39, 0.29) is 23.8 Å². The summed E-state index contributed by atoms with van der Waals surface area (Å²) in [5.41, 5.74) is 2.77. The van der Waals surface area contributed by atoms with Crippen molar-refractivity contribution in [2.75, 3.05) is 11.9 Å². The Morgan fingerprint density at radius 3 is 2.63 bits per heavy atom. The van der Waals surface area contributed by atoms with Crippen molar-refractivity contribution in [2.45, 2.75) is 51.7 Å². The van der Waals surface area contributed by atoms with E-state index in [1.165, 1.54) is 0 Å². The second-order valence-electron chi connectivity index (χ2n) is 10.5. The van der Waals surface area contributed by atoms with E-state index in [9.17, 15) is 9.59 Å². The first-order chi connectivity index (χ1) is 18.3. The topological polar surface area (TPSA) is 83.0 Å². The van der Waals surface area contributed by atoms with Gasteiger partial charge in [0.25, 0.3) is 5.91 Å². The lowest BCUT2D eigenvalue weighted by atomic mass is 9.84. The van der Waals surface area contributed by atoms with Crippen LogP contribution in [-0.2, 0) is 11.3 Å². The van der Waals surface area contributed by atoms with E-state index in [0.29, 0.717) is 37.5 Å². The number of benzene rings is 3. The van der Waals surface area contributed by atoms with Gasteiger partial charge in [0.1, 0.15) is 5.75 Å². The van der Waals surface area contributed by atoms with Gasteiger partial charge in [-0.15, -0.1) is 0 Å². The Hall–Kier alpha value is -4.13. The number of carbonyl (C=O) groups excluding carboxylic acids is 2. The van der Waals surface area contributed by atoms with E-state index in [2.05, 4.69) is 24.5 Å². The number of rotatable bonds is 6. The Labute approximate surface area is 223 Å². The molecule has 0 spiro atoms. The summed E-state index contributed by atoms with van der Waals surface area (Å²) >= 11 is 0. The molecule has 196 valence electrons. The molecule has 1 unspecified atom stereocenters. The minimum absolute atomic E-state index is 0.00305. The van der Waals surface area contributed by atoms with Gasteiger partial charge in [0.2, 0.25) is 11.9 Å². The number of hydrogen-bond acceptors (Lipinski definition) is 5. The number of para-hydroxylation sites is 2. The normalized spacial score (nSPS) is 20.8. The molecular formula is C31H34N4O3. The molecule has 0 saturated heterocycles. The van der Waals surface area contributed by atoms with Crippen molar-refractivity contribution < 1.29 is 14.3 Å². The Bertz CT molecular complexity index is 1350. The van der Waals surface area contributed by atoms with Gasteiger partial charge in [0, 0.05) is 23.2 Å². The fourth-order valence-corrected chi connectivity index (χ4v) is 4.83. The molecular weight excluding hydrogens is 476 g/mol. The molecule has 7 nitrogen and oxygen atoms in total. The number of hydrogen-bond donors (Lipinski definition) is 2.